The zero-order valence-corrected chi connectivity index (χ0v) is 19.1. The van der Waals surface area contributed by atoms with Gasteiger partial charge >= 0.3 is 18.1 Å². The molecule has 0 heterocycles. The molecule has 3 aromatic carbocycles. The highest BCUT2D eigenvalue weighted by molar-refractivity contribution is 7.91. The van der Waals surface area contributed by atoms with Gasteiger partial charge in [-0.25, -0.2) is 13.2 Å². The lowest BCUT2D eigenvalue weighted by Gasteiger charge is -2.15. The number of halogens is 3. The monoisotopic (exact) mass is 507 g/mol. The third-order valence-corrected chi connectivity index (χ3v) is 6.65. The number of hydrogen-bond donors (Lipinski definition) is 2. The minimum absolute atomic E-state index is 0.0114. The van der Waals surface area contributed by atoms with E-state index in [1.54, 1.807) is 6.07 Å². The number of carbonyl (C=O) groups excluding carboxylic acids is 1. The van der Waals surface area contributed by atoms with Crippen molar-refractivity contribution in [2.45, 2.75) is 35.4 Å². The molecular weight excluding hydrogens is 487 g/mol. The van der Waals surface area contributed by atoms with Crippen molar-refractivity contribution < 1.29 is 41.0 Å². The number of amides is 1. The number of nitrogens with one attached hydrogen (secondary N) is 1. The van der Waals surface area contributed by atoms with Crippen molar-refractivity contribution in [2.75, 3.05) is 0 Å². The summed E-state index contributed by atoms with van der Waals surface area (Å²) in [7, 11) is -3.88. The van der Waals surface area contributed by atoms with E-state index in [4.69, 9.17) is 9.84 Å². The third kappa shape index (κ3) is 6.60. The highest BCUT2D eigenvalue weighted by atomic mass is 32.2. The summed E-state index contributed by atoms with van der Waals surface area (Å²) >= 11 is 0. The molecule has 0 spiro atoms. The van der Waals surface area contributed by atoms with Crippen LogP contribution in [0.5, 0.6) is 11.5 Å². The Morgan fingerprint density at radius 1 is 0.943 bits per heavy atom. The largest absolute Gasteiger partial charge is 0.478 e. The summed E-state index contributed by atoms with van der Waals surface area (Å²) in [5.41, 5.74) is 0.591. The average Bonchev–Trinajstić information content (AvgIpc) is 2.79. The van der Waals surface area contributed by atoms with E-state index in [0.717, 1.165) is 0 Å². The summed E-state index contributed by atoms with van der Waals surface area (Å²) in [5, 5.41) is 10.9. The zero-order chi connectivity index (χ0) is 25.8. The third-order valence-electron chi connectivity index (χ3n) is 4.86. The van der Waals surface area contributed by atoms with Crippen LogP contribution in [0, 0.1) is 0 Å². The molecular formula is C24H20F3NO6S. The van der Waals surface area contributed by atoms with E-state index < -0.39 is 33.9 Å². The van der Waals surface area contributed by atoms with Crippen LogP contribution in [0.1, 0.15) is 22.8 Å². The normalized spacial score (nSPS) is 12.6. The summed E-state index contributed by atoms with van der Waals surface area (Å²) in [4.78, 5) is 22.1. The molecule has 0 saturated heterocycles. The number of aromatic carboxylic acids is 1. The van der Waals surface area contributed by atoms with Crippen molar-refractivity contribution in [3.63, 3.8) is 0 Å². The predicted molar refractivity (Wildman–Crippen MR) is 119 cm³/mol. The number of carboxylic acids is 1. The van der Waals surface area contributed by atoms with E-state index in [2.05, 4.69) is 0 Å². The Hall–Kier alpha value is -3.86. The number of benzene rings is 3. The Kier molecular flexibility index (Phi) is 7.49. The molecule has 1 amide bonds. The molecule has 184 valence electrons. The average molecular weight is 507 g/mol. The minimum atomic E-state index is -4.98. The number of rotatable bonds is 8. The van der Waals surface area contributed by atoms with Gasteiger partial charge in [0.1, 0.15) is 11.5 Å². The Morgan fingerprint density at radius 2 is 1.51 bits per heavy atom. The maximum atomic E-state index is 12.9. The molecule has 0 aliphatic rings. The molecule has 2 N–H and O–H groups in total. The van der Waals surface area contributed by atoms with Crippen LogP contribution in [-0.2, 0) is 21.1 Å². The summed E-state index contributed by atoms with van der Waals surface area (Å²) < 4.78 is 68.5. The highest BCUT2D eigenvalue weighted by Gasteiger charge is 2.39. The highest BCUT2D eigenvalue weighted by Crippen LogP contribution is 2.27. The van der Waals surface area contributed by atoms with Gasteiger partial charge in [0.05, 0.1) is 15.4 Å². The van der Waals surface area contributed by atoms with Crippen LogP contribution in [0.25, 0.3) is 0 Å². The second-order valence-corrected chi connectivity index (χ2v) is 9.58. The molecule has 0 unspecified atom stereocenters. The Labute approximate surface area is 199 Å². The molecule has 0 aromatic heterocycles. The summed E-state index contributed by atoms with van der Waals surface area (Å²) in [5.74, 6) is -2.57. The van der Waals surface area contributed by atoms with Crippen molar-refractivity contribution in [3.05, 3.63) is 83.9 Å². The van der Waals surface area contributed by atoms with E-state index in [1.807, 2.05) is 5.32 Å². The minimum Gasteiger partial charge on any atom is -0.478 e. The first-order chi connectivity index (χ1) is 16.4. The van der Waals surface area contributed by atoms with Gasteiger partial charge in [-0.05, 0) is 73.5 Å². The molecule has 0 radical (unpaired) electrons. The first-order valence-electron chi connectivity index (χ1n) is 10.2. The predicted octanol–water partition coefficient (Wildman–Crippen LogP) is 4.62. The smallest absolute Gasteiger partial charge is 0.471 e. The van der Waals surface area contributed by atoms with Gasteiger partial charge in [-0.1, -0.05) is 18.2 Å². The number of hydrogen-bond acceptors (Lipinski definition) is 5. The van der Waals surface area contributed by atoms with Crippen LogP contribution in [-0.4, -0.2) is 37.6 Å². The van der Waals surface area contributed by atoms with Crippen molar-refractivity contribution in [1.29, 1.82) is 0 Å². The second kappa shape index (κ2) is 10.2. The van der Waals surface area contributed by atoms with E-state index in [9.17, 15) is 31.2 Å². The van der Waals surface area contributed by atoms with Crippen LogP contribution in [0.4, 0.5) is 13.2 Å². The van der Waals surface area contributed by atoms with Crippen LogP contribution >= 0.6 is 0 Å². The van der Waals surface area contributed by atoms with Gasteiger partial charge < -0.3 is 15.2 Å². The van der Waals surface area contributed by atoms with Crippen molar-refractivity contribution in [1.82, 2.24) is 5.32 Å². The maximum absolute atomic E-state index is 12.9. The number of carbonyl (C=O) groups is 2. The molecule has 0 fully saturated rings. The lowest BCUT2D eigenvalue weighted by atomic mass is 10.1. The Morgan fingerprint density at radius 3 is 2.06 bits per heavy atom. The summed E-state index contributed by atoms with van der Waals surface area (Å²) in [6, 6.07) is 16.2. The number of sulfone groups is 1. The Balaban J connectivity index is 1.68. The number of carboxylic acid groups (broad SMARTS) is 1. The topological polar surface area (TPSA) is 110 Å². The molecule has 3 aromatic rings. The van der Waals surface area contributed by atoms with E-state index >= 15 is 0 Å². The first kappa shape index (κ1) is 25.8. The fourth-order valence-electron chi connectivity index (χ4n) is 3.17. The van der Waals surface area contributed by atoms with Gasteiger partial charge in [0, 0.05) is 6.04 Å². The van der Waals surface area contributed by atoms with E-state index in [-0.39, 0.29) is 27.5 Å². The van der Waals surface area contributed by atoms with Crippen molar-refractivity contribution in [2.24, 2.45) is 0 Å². The second-order valence-electron chi connectivity index (χ2n) is 7.63. The molecule has 3 rings (SSSR count). The molecule has 35 heavy (non-hydrogen) atoms. The van der Waals surface area contributed by atoms with E-state index in [0.29, 0.717) is 11.3 Å². The lowest BCUT2D eigenvalue weighted by molar-refractivity contribution is -0.174. The zero-order valence-electron chi connectivity index (χ0n) is 18.2. The van der Waals surface area contributed by atoms with Gasteiger partial charge in [0.15, 0.2) is 0 Å². The molecule has 0 saturated carbocycles. The Bertz CT molecular complexity index is 1320. The fourth-order valence-corrected chi connectivity index (χ4v) is 4.43. The fraction of sp³-hybridized carbons (Fsp3) is 0.167. The molecule has 7 nitrogen and oxygen atoms in total. The number of alkyl halides is 3. The molecule has 0 aliphatic heterocycles. The van der Waals surface area contributed by atoms with Crippen molar-refractivity contribution in [3.8, 4) is 11.5 Å². The summed E-state index contributed by atoms with van der Waals surface area (Å²) in [6.07, 6.45) is -4.90. The SMILES string of the molecule is C[C@H](Cc1ccc(S(=O)(=O)c2ccc(Oc3cccc(C(=O)O)c3)cc2)cc1)NC(=O)C(F)(F)F. The lowest BCUT2D eigenvalue weighted by Crippen LogP contribution is -2.42. The standard InChI is InChI=1S/C24H20F3NO6S/c1-15(28-23(31)24(25,26)27)13-16-5-9-20(10-6-16)35(32,33)21-11-7-18(8-12-21)34-19-4-2-3-17(14-19)22(29)30/h2-12,14-15H,13H2,1H3,(H,28,31)(H,29,30)/t15-/m1/s1. The van der Waals surface area contributed by atoms with Gasteiger partial charge in [-0.3, -0.25) is 4.79 Å². The van der Waals surface area contributed by atoms with Crippen LogP contribution in [0.15, 0.2) is 82.6 Å². The van der Waals surface area contributed by atoms with Crippen LogP contribution in [0.2, 0.25) is 0 Å². The van der Waals surface area contributed by atoms with Gasteiger partial charge in [-0.15, -0.1) is 0 Å². The molecule has 0 bridgehead atoms. The van der Waals surface area contributed by atoms with Gasteiger partial charge in [-0.2, -0.15) is 13.2 Å². The maximum Gasteiger partial charge on any atom is 0.471 e. The molecule has 11 heteroatoms. The van der Waals surface area contributed by atoms with Gasteiger partial charge in [0.25, 0.3) is 0 Å². The van der Waals surface area contributed by atoms with Crippen molar-refractivity contribution >= 4 is 21.7 Å². The number of ether oxygens (including phenoxy) is 1. The van der Waals surface area contributed by atoms with Crippen LogP contribution < -0.4 is 10.1 Å². The van der Waals surface area contributed by atoms with Crippen LogP contribution in [0.3, 0.4) is 0 Å². The molecule has 0 aliphatic carbocycles. The summed E-state index contributed by atoms with van der Waals surface area (Å²) in [6.45, 7) is 1.41. The first-order valence-corrected chi connectivity index (χ1v) is 11.7. The van der Waals surface area contributed by atoms with E-state index in [1.165, 1.54) is 73.7 Å². The molecule has 1 atom stereocenters. The van der Waals surface area contributed by atoms with Gasteiger partial charge in [0.2, 0.25) is 9.84 Å². The quantitative estimate of drug-likeness (QED) is 0.461.